The maximum absolute atomic E-state index is 12.8. The molecule has 0 atom stereocenters. The van der Waals surface area contributed by atoms with E-state index in [1.165, 1.54) is 5.56 Å². The number of nitrogens with one attached hydrogen (secondary N) is 1. The SMILES string of the molecule is COc1ccccc1C(=O)Nc1cc2nn(-c3ccc(C(C)C)cc3)nc2cc1C. The normalized spacial score (nSPS) is 11.1. The minimum atomic E-state index is -0.230. The summed E-state index contributed by atoms with van der Waals surface area (Å²) in [5, 5.41) is 12.2. The van der Waals surface area contributed by atoms with Gasteiger partial charge in [-0.25, -0.2) is 0 Å². The number of ether oxygens (including phenoxy) is 1. The van der Waals surface area contributed by atoms with Crippen molar-refractivity contribution in [2.75, 3.05) is 12.4 Å². The molecule has 152 valence electrons. The van der Waals surface area contributed by atoms with Crippen molar-refractivity contribution in [3.05, 3.63) is 77.4 Å². The van der Waals surface area contributed by atoms with Crippen LogP contribution in [0.4, 0.5) is 5.69 Å². The van der Waals surface area contributed by atoms with Crippen molar-refractivity contribution in [1.29, 1.82) is 0 Å². The highest BCUT2D eigenvalue weighted by Gasteiger charge is 2.15. The van der Waals surface area contributed by atoms with E-state index in [1.807, 2.05) is 43.3 Å². The summed E-state index contributed by atoms with van der Waals surface area (Å²) >= 11 is 0. The highest BCUT2D eigenvalue weighted by Crippen LogP contribution is 2.25. The number of aryl methyl sites for hydroxylation is 1. The van der Waals surface area contributed by atoms with Crippen LogP contribution in [0.1, 0.15) is 41.3 Å². The lowest BCUT2D eigenvalue weighted by Crippen LogP contribution is -2.13. The molecule has 3 aromatic carbocycles. The Balaban J connectivity index is 1.64. The van der Waals surface area contributed by atoms with Crippen LogP contribution in [0.5, 0.6) is 5.75 Å². The standard InChI is InChI=1S/C24H24N4O2/c1-15(2)17-9-11-18(12-10-17)28-26-21-13-16(3)20(14-22(21)27-28)25-24(29)19-7-5-6-8-23(19)30-4/h5-15H,1-4H3,(H,25,29). The summed E-state index contributed by atoms with van der Waals surface area (Å²) in [6.07, 6.45) is 0. The molecule has 0 unspecified atom stereocenters. The molecule has 4 aromatic rings. The first-order valence-electron chi connectivity index (χ1n) is 9.88. The molecule has 1 amide bonds. The van der Waals surface area contributed by atoms with Gasteiger partial charge in [0.15, 0.2) is 0 Å². The van der Waals surface area contributed by atoms with E-state index >= 15 is 0 Å². The summed E-state index contributed by atoms with van der Waals surface area (Å²) in [7, 11) is 1.55. The van der Waals surface area contributed by atoms with Crippen LogP contribution in [0.3, 0.4) is 0 Å². The summed E-state index contributed by atoms with van der Waals surface area (Å²) in [5.74, 6) is 0.775. The molecule has 0 fully saturated rings. The van der Waals surface area contributed by atoms with Gasteiger partial charge in [0.1, 0.15) is 16.8 Å². The van der Waals surface area contributed by atoms with E-state index in [0.717, 1.165) is 16.8 Å². The number of hydrogen-bond acceptors (Lipinski definition) is 4. The molecule has 6 heteroatoms. The van der Waals surface area contributed by atoms with Crippen LogP contribution in [-0.4, -0.2) is 28.0 Å². The molecular weight excluding hydrogens is 376 g/mol. The predicted octanol–water partition coefficient (Wildman–Crippen LogP) is 5.11. The van der Waals surface area contributed by atoms with Crippen molar-refractivity contribution in [2.24, 2.45) is 0 Å². The van der Waals surface area contributed by atoms with Crippen molar-refractivity contribution in [1.82, 2.24) is 15.0 Å². The molecule has 1 aromatic heterocycles. The molecule has 0 saturated carbocycles. The molecule has 1 N–H and O–H groups in total. The molecule has 4 rings (SSSR count). The lowest BCUT2D eigenvalue weighted by molar-refractivity contribution is 0.102. The zero-order valence-corrected chi connectivity index (χ0v) is 17.5. The molecule has 0 radical (unpaired) electrons. The fourth-order valence-corrected chi connectivity index (χ4v) is 3.33. The van der Waals surface area contributed by atoms with E-state index < -0.39 is 0 Å². The quantitative estimate of drug-likeness (QED) is 0.505. The highest BCUT2D eigenvalue weighted by atomic mass is 16.5. The maximum atomic E-state index is 12.8. The summed E-state index contributed by atoms with van der Waals surface area (Å²) in [4.78, 5) is 14.4. The number of rotatable bonds is 5. The summed E-state index contributed by atoms with van der Waals surface area (Å²) < 4.78 is 5.29. The Kier molecular flexibility index (Phi) is 5.23. The van der Waals surface area contributed by atoms with Gasteiger partial charge in [0, 0.05) is 5.69 Å². The average Bonchev–Trinajstić information content (AvgIpc) is 3.16. The molecule has 6 nitrogen and oxygen atoms in total. The molecule has 0 spiro atoms. The van der Waals surface area contributed by atoms with Gasteiger partial charge in [0.05, 0.1) is 18.4 Å². The Labute approximate surface area is 175 Å². The Morgan fingerprint density at radius 3 is 2.33 bits per heavy atom. The predicted molar refractivity (Wildman–Crippen MR) is 119 cm³/mol. The van der Waals surface area contributed by atoms with Crippen LogP contribution < -0.4 is 10.1 Å². The average molecular weight is 400 g/mol. The largest absolute Gasteiger partial charge is 0.496 e. The van der Waals surface area contributed by atoms with E-state index in [1.54, 1.807) is 24.0 Å². The third-order valence-electron chi connectivity index (χ3n) is 5.12. The highest BCUT2D eigenvalue weighted by molar-refractivity contribution is 6.07. The first-order valence-corrected chi connectivity index (χ1v) is 9.88. The molecule has 0 aliphatic heterocycles. The molecule has 0 bridgehead atoms. The van der Waals surface area contributed by atoms with Crippen LogP contribution in [0.25, 0.3) is 16.7 Å². The number of carbonyl (C=O) groups is 1. The number of para-hydroxylation sites is 1. The van der Waals surface area contributed by atoms with Gasteiger partial charge >= 0.3 is 0 Å². The van der Waals surface area contributed by atoms with Gasteiger partial charge in [0.2, 0.25) is 0 Å². The van der Waals surface area contributed by atoms with Crippen LogP contribution in [0.15, 0.2) is 60.7 Å². The Morgan fingerprint density at radius 2 is 1.67 bits per heavy atom. The second kappa shape index (κ2) is 7.99. The zero-order chi connectivity index (χ0) is 21.3. The number of nitrogens with zero attached hydrogens (tertiary/aromatic N) is 3. The van der Waals surface area contributed by atoms with Crippen LogP contribution in [0.2, 0.25) is 0 Å². The second-order valence-electron chi connectivity index (χ2n) is 7.55. The fraction of sp³-hybridized carbons (Fsp3) is 0.208. The lowest BCUT2D eigenvalue weighted by Gasteiger charge is -2.10. The summed E-state index contributed by atoms with van der Waals surface area (Å²) in [5.41, 5.74) is 5.74. The minimum absolute atomic E-state index is 0.230. The number of carbonyl (C=O) groups excluding carboxylic acids is 1. The van der Waals surface area contributed by atoms with Gasteiger partial charge in [-0.15, -0.1) is 10.2 Å². The van der Waals surface area contributed by atoms with Gasteiger partial charge in [-0.3, -0.25) is 4.79 Å². The Morgan fingerprint density at radius 1 is 1.00 bits per heavy atom. The van der Waals surface area contributed by atoms with E-state index in [-0.39, 0.29) is 5.91 Å². The molecular formula is C24H24N4O2. The molecule has 0 saturated heterocycles. The smallest absolute Gasteiger partial charge is 0.259 e. The number of aromatic nitrogens is 3. The third kappa shape index (κ3) is 3.76. The first-order chi connectivity index (χ1) is 14.5. The number of anilines is 1. The number of methoxy groups -OCH3 is 1. The first kappa shape index (κ1) is 19.6. The zero-order valence-electron chi connectivity index (χ0n) is 17.5. The topological polar surface area (TPSA) is 69.0 Å². The van der Waals surface area contributed by atoms with Crippen molar-refractivity contribution >= 4 is 22.6 Å². The van der Waals surface area contributed by atoms with Crippen LogP contribution in [0, 0.1) is 6.92 Å². The van der Waals surface area contributed by atoms with Crippen molar-refractivity contribution in [2.45, 2.75) is 26.7 Å². The van der Waals surface area contributed by atoms with Crippen LogP contribution in [-0.2, 0) is 0 Å². The van der Waals surface area contributed by atoms with Gasteiger partial charge in [-0.1, -0.05) is 38.1 Å². The van der Waals surface area contributed by atoms with Gasteiger partial charge in [-0.2, -0.15) is 4.80 Å². The van der Waals surface area contributed by atoms with Gasteiger partial charge < -0.3 is 10.1 Å². The monoisotopic (exact) mass is 400 g/mol. The molecule has 0 aliphatic carbocycles. The van der Waals surface area contributed by atoms with E-state index in [9.17, 15) is 4.79 Å². The molecule has 1 heterocycles. The Hall–Kier alpha value is -3.67. The summed E-state index contributed by atoms with van der Waals surface area (Å²) in [6, 6.07) is 19.2. The van der Waals surface area contributed by atoms with Crippen molar-refractivity contribution in [3.63, 3.8) is 0 Å². The minimum Gasteiger partial charge on any atom is -0.496 e. The van der Waals surface area contributed by atoms with Gasteiger partial charge in [0.25, 0.3) is 5.91 Å². The maximum Gasteiger partial charge on any atom is 0.259 e. The van der Waals surface area contributed by atoms with E-state index in [4.69, 9.17) is 4.74 Å². The second-order valence-corrected chi connectivity index (χ2v) is 7.55. The van der Waals surface area contributed by atoms with Crippen LogP contribution >= 0.6 is 0 Å². The Bertz CT molecular complexity index is 1210. The number of fused-ring (bicyclic) bond motifs is 1. The lowest BCUT2D eigenvalue weighted by atomic mass is 10.0. The van der Waals surface area contributed by atoms with Crippen molar-refractivity contribution < 1.29 is 9.53 Å². The van der Waals surface area contributed by atoms with E-state index in [2.05, 4.69) is 41.5 Å². The van der Waals surface area contributed by atoms with Gasteiger partial charge in [-0.05, 0) is 60.4 Å². The third-order valence-corrected chi connectivity index (χ3v) is 5.12. The summed E-state index contributed by atoms with van der Waals surface area (Å²) in [6.45, 7) is 6.27. The molecule has 0 aliphatic rings. The van der Waals surface area contributed by atoms with Crippen molar-refractivity contribution in [3.8, 4) is 11.4 Å². The van der Waals surface area contributed by atoms with E-state index in [0.29, 0.717) is 28.4 Å². The fourth-order valence-electron chi connectivity index (χ4n) is 3.33. The number of benzene rings is 3. The molecule has 30 heavy (non-hydrogen) atoms. The number of amides is 1. The number of hydrogen-bond donors (Lipinski definition) is 1.